The van der Waals surface area contributed by atoms with E-state index < -0.39 is 12.0 Å². The molecular formula is C9H17NO5Si2. The fourth-order valence-electron chi connectivity index (χ4n) is 1.04. The molecule has 17 heavy (non-hydrogen) atoms. The number of aromatic hydroxyl groups is 2. The number of carboxylic acids is 1. The van der Waals surface area contributed by atoms with Crippen molar-refractivity contribution in [2.45, 2.75) is 12.5 Å². The molecule has 0 amide bonds. The summed E-state index contributed by atoms with van der Waals surface area (Å²) < 4.78 is 4.53. The molecule has 0 heterocycles. The topological polar surface area (TPSA) is 113 Å². The summed E-state index contributed by atoms with van der Waals surface area (Å²) in [7, 11) is 1.86. The first-order valence-electron chi connectivity index (χ1n) is 4.81. The van der Waals surface area contributed by atoms with Gasteiger partial charge in [0.1, 0.15) is 27.0 Å². The van der Waals surface area contributed by atoms with Gasteiger partial charge in [-0.1, -0.05) is 6.07 Å². The maximum absolute atomic E-state index is 10.4. The molecule has 0 aliphatic heterocycles. The van der Waals surface area contributed by atoms with Gasteiger partial charge in [0.25, 0.3) is 0 Å². The number of phenols is 2. The molecule has 0 aromatic heterocycles. The van der Waals surface area contributed by atoms with Gasteiger partial charge in [-0.3, -0.25) is 4.79 Å². The van der Waals surface area contributed by atoms with Crippen LogP contribution in [-0.2, 0) is 15.3 Å². The normalized spacial score (nSPS) is 11.6. The van der Waals surface area contributed by atoms with Gasteiger partial charge in [-0.25, -0.2) is 0 Å². The Bertz CT molecular complexity index is 374. The number of hydrogen-bond donors (Lipinski definition) is 4. The van der Waals surface area contributed by atoms with Crippen LogP contribution in [0, 0.1) is 0 Å². The first-order valence-corrected chi connectivity index (χ1v) is 6.45. The lowest BCUT2D eigenvalue weighted by Crippen LogP contribution is -2.32. The van der Waals surface area contributed by atoms with Gasteiger partial charge in [-0.2, -0.15) is 0 Å². The number of carboxylic acid groups (broad SMARTS) is 1. The number of carbonyl (C=O) groups is 1. The number of phenolic OH excluding ortho intramolecular Hbond substituents is 2. The molecule has 0 fully saturated rings. The molecule has 1 aromatic rings. The van der Waals surface area contributed by atoms with E-state index in [0.29, 0.717) is 5.56 Å². The predicted octanol–water partition coefficient (Wildman–Crippen LogP) is -2.38. The summed E-state index contributed by atoms with van der Waals surface area (Å²) in [5.41, 5.74) is 5.86. The maximum Gasteiger partial charge on any atom is 0.320 e. The number of aliphatic carboxylic acids is 1. The fourth-order valence-corrected chi connectivity index (χ4v) is 1.04. The van der Waals surface area contributed by atoms with Gasteiger partial charge in [0.05, 0.1) is 0 Å². The summed E-state index contributed by atoms with van der Waals surface area (Å²) in [6.45, 7) is 0. The molecule has 0 aliphatic rings. The van der Waals surface area contributed by atoms with Crippen LogP contribution in [0.15, 0.2) is 18.2 Å². The Morgan fingerprint density at radius 2 is 1.88 bits per heavy atom. The zero-order valence-corrected chi connectivity index (χ0v) is 13.8. The average Bonchev–Trinajstić information content (AvgIpc) is 2.24. The summed E-state index contributed by atoms with van der Waals surface area (Å²) in [5, 5.41) is 26.6. The van der Waals surface area contributed by atoms with Crippen LogP contribution in [0.2, 0.25) is 0 Å². The van der Waals surface area contributed by atoms with Crippen molar-refractivity contribution in [3.8, 4) is 11.5 Å². The molecule has 96 valence electrons. The Balaban J connectivity index is 0.000000770. The van der Waals surface area contributed by atoms with Gasteiger partial charge >= 0.3 is 5.97 Å². The molecule has 0 saturated carbocycles. The average molecular weight is 275 g/mol. The van der Waals surface area contributed by atoms with Gasteiger partial charge in [0.15, 0.2) is 11.5 Å². The molecule has 1 rings (SSSR count). The Morgan fingerprint density at radius 3 is 2.29 bits per heavy atom. The molecule has 0 aliphatic carbocycles. The molecule has 0 spiro atoms. The minimum absolute atomic E-state index is 0.114. The van der Waals surface area contributed by atoms with E-state index in [9.17, 15) is 4.79 Å². The lowest BCUT2D eigenvalue weighted by atomic mass is 10.1. The second-order valence-electron chi connectivity index (χ2n) is 3.38. The van der Waals surface area contributed by atoms with E-state index >= 15 is 0 Å². The maximum atomic E-state index is 10.4. The largest absolute Gasteiger partial charge is 0.504 e. The SMILES string of the molecule is N[C@@H](Cc1ccc(O)c(O)c1)C(=O)O.[SiH3]O[SiH3]. The van der Waals surface area contributed by atoms with E-state index in [4.69, 9.17) is 21.1 Å². The van der Waals surface area contributed by atoms with Gasteiger partial charge in [0.2, 0.25) is 0 Å². The van der Waals surface area contributed by atoms with E-state index in [1.807, 2.05) is 0 Å². The number of nitrogens with two attached hydrogens (primary N) is 1. The molecule has 5 N–H and O–H groups in total. The predicted molar refractivity (Wildman–Crippen MR) is 70.0 cm³/mol. The molecule has 6 nitrogen and oxygen atoms in total. The second-order valence-corrected chi connectivity index (χ2v) is 6.65. The zero-order chi connectivity index (χ0) is 13.4. The molecule has 1 aromatic carbocycles. The standard InChI is InChI=1S/C9H11NO4.H6OSi2/c10-6(9(13)14)3-5-1-2-7(11)8(12)4-5;2-1-3/h1-2,4,6,11-12H,3,10H2,(H,13,14);2-3H3/t6-;/m0./s1. The highest BCUT2D eigenvalue weighted by atomic mass is 28.3. The number of benzene rings is 1. The van der Waals surface area contributed by atoms with Crippen LogP contribution in [-0.4, -0.2) is 48.3 Å². The van der Waals surface area contributed by atoms with E-state index in [0.717, 1.165) is 21.0 Å². The third-order valence-electron chi connectivity index (χ3n) is 1.81. The van der Waals surface area contributed by atoms with Crippen LogP contribution in [0.3, 0.4) is 0 Å². The van der Waals surface area contributed by atoms with Gasteiger partial charge in [0, 0.05) is 0 Å². The summed E-state index contributed by atoms with van der Waals surface area (Å²) in [6.07, 6.45) is 0.114. The first kappa shape index (κ1) is 15.6. The molecule has 0 unspecified atom stereocenters. The fraction of sp³-hybridized carbons (Fsp3) is 0.222. The Labute approximate surface area is 105 Å². The smallest absolute Gasteiger partial charge is 0.320 e. The van der Waals surface area contributed by atoms with Crippen molar-refractivity contribution >= 4 is 26.9 Å². The first-order chi connectivity index (χ1) is 7.92. The van der Waals surface area contributed by atoms with Crippen molar-refractivity contribution in [2.75, 3.05) is 0 Å². The van der Waals surface area contributed by atoms with Gasteiger partial charge in [-0.15, -0.1) is 0 Å². The second kappa shape index (κ2) is 7.84. The van der Waals surface area contributed by atoms with Crippen molar-refractivity contribution in [1.82, 2.24) is 0 Å². The summed E-state index contributed by atoms with van der Waals surface area (Å²) in [5.74, 6) is -1.62. The van der Waals surface area contributed by atoms with Crippen molar-refractivity contribution < 1.29 is 24.2 Å². The van der Waals surface area contributed by atoms with Crippen LogP contribution in [0.5, 0.6) is 11.5 Å². The molecule has 8 heteroatoms. The van der Waals surface area contributed by atoms with Crippen molar-refractivity contribution in [3.05, 3.63) is 23.8 Å². The Kier molecular flexibility index (Phi) is 7.22. The van der Waals surface area contributed by atoms with E-state index in [1.54, 1.807) is 0 Å². The highest BCUT2D eigenvalue weighted by Gasteiger charge is 2.12. The van der Waals surface area contributed by atoms with Crippen LogP contribution in [0.25, 0.3) is 0 Å². The van der Waals surface area contributed by atoms with Gasteiger partial charge < -0.3 is 25.2 Å². The Hall–Kier alpha value is -1.36. The summed E-state index contributed by atoms with van der Waals surface area (Å²) in [4.78, 5) is 10.4. The molecule has 1 atom stereocenters. The quantitative estimate of drug-likeness (QED) is 0.362. The highest BCUT2D eigenvalue weighted by Crippen LogP contribution is 2.25. The monoisotopic (exact) mass is 275 g/mol. The third-order valence-corrected chi connectivity index (χ3v) is 1.81. The number of hydrogen-bond acceptors (Lipinski definition) is 5. The summed E-state index contributed by atoms with van der Waals surface area (Å²) >= 11 is 0. The highest BCUT2D eigenvalue weighted by molar-refractivity contribution is 6.15. The molecule has 0 saturated heterocycles. The molecular weight excluding hydrogens is 258 g/mol. The lowest BCUT2D eigenvalue weighted by Gasteiger charge is -2.06. The number of rotatable bonds is 3. The van der Waals surface area contributed by atoms with Crippen LogP contribution in [0.4, 0.5) is 0 Å². The third kappa shape index (κ3) is 6.07. The Morgan fingerprint density at radius 1 is 1.35 bits per heavy atom. The van der Waals surface area contributed by atoms with Crippen LogP contribution < -0.4 is 5.73 Å². The zero-order valence-electron chi connectivity index (χ0n) is 9.75. The minimum Gasteiger partial charge on any atom is -0.504 e. The van der Waals surface area contributed by atoms with Crippen molar-refractivity contribution in [3.63, 3.8) is 0 Å². The van der Waals surface area contributed by atoms with Crippen LogP contribution >= 0.6 is 0 Å². The van der Waals surface area contributed by atoms with Crippen LogP contribution in [0.1, 0.15) is 5.56 Å². The summed E-state index contributed by atoms with van der Waals surface area (Å²) in [6, 6.07) is 3.09. The van der Waals surface area contributed by atoms with Gasteiger partial charge in [-0.05, 0) is 24.1 Å². The van der Waals surface area contributed by atoms with Crippen molar-refractivity contribution in [1.29, 1.82) is 0 Å². The lowest BCUT2D eigenvalue weighted by molar-refractivity contribution is -0.138. The van der Waals surface area contributed by atoms with E-state index in [-0.39, 0.29) is 17.9 Å². The van der Waals surface area contributed by atoms with E-state index in [2.05, 4.69) is 4.12 Å². The van der Waals surface area contributed by atoms with Crippen molar-refractivity contribution in [2.24, 2.45) is 5.73 Å². The van der Waals surface area contributed by atoms with E-state index in [1.165, 1.54) is 18.2 Å². The molecule has 0 bridgehead atoms. The molecule has 0 radical (unpaired) electrons. The minimum atomic E-state index is -1.10.